The zero-order valence-electron chi connectivity index (χ0n) is 18.7. The highest BCUT2D eigenvalue weighted by molar-refractivity contribution is 6.19. The average Bonchev–Trinajstić information content (AvgIpc) is 3.33. The maximum absolute atomic E-state index is 6.07. The van der Waals surface area contributed by atoms with Gasteiger partial charge in [-0.2, -0.15) is 0 Å². The monoisotopic (exact) mass is 449 g/mol. The molecule has 0 unspecified atom stereocenters. The van der Waals surface area contributed by atoms with Gasteiger partial charge in [-0.3, -0.25) is 0 Å². The largest absolute Gasteiger partial charge is 0.456 e. The maximum Gasteiger partial charge on any atom is 0.164 e. The molecule has 0 saturated carbocycles. The van der Waals surface area contributed by atoms with Gasteiger partial charge >= 0.3 is 0 Å². The summed E-state index contributed by atoms with van der Waals surface area (Å²) in [5.41, 5.74) is 4.66. The van der Waals surface area contributed by atoms with Crippen molar-refractivity contribution in [2.24, 2.45) is 0 Å². The first-order valence-corrected chi connectivity index (χ1v) is 11.5. The molecule has 0 atom stereocenters. The summed E-state index contributed by atoms with van der Waals surface area (Å²) in [6.07, 6.45) is 0. The standard InChI is InChI=1S/C31H19N3O/c1-3-9-20(10-4-1)29-32-30(21-11-5-2-6-12-21)34-31(33-29)23-15-17-24-22(19-23)16-18-27-28(24)25-13-7-8-14-26(25)35-27/h1-19H. The van der Waals surface area contributed by atoms with Gasteiger partial charge in [0.05, 0.1) is 0 Å². The van der Waals surface area contributed by atoms with Crippen LogP contribution < -0.4 is 0 Å². The van der Waals surface area contributed by atoms with Gasteiger partial charge in [-0.15, -0.1) is 0 Å². The predicted molar refractivity (Wildman–Crippen MR) is 141 cm³/mol. The molecule has 0 aliphatic heterocycles. The molecule has 35 heavy (non-hydrogen) atoms. The molecule has 0 N–H and O–H groups in total. The third kappa shape index (κ3) is 3.35. The van der Waals surface area contributed by atoms with Crippen LogP contribution in [0.4, 0.5) is 0 Å². The molecule has 5 aromatic carbocycles. The Hall–Kier alpha value is -4.83. The highest BCUT2D eigenvalue weighted by Gasteiger charge is 2.14. The van der Waals surface area contributed by atoms with Crippen molar-refractivity contribution in [3.8, 4) is 34.2 Å². The van der Waals surface area contributed by atoms with Crippen LogP contribution >= 0.6 is 0 Å². The Bertz CT molecular complexity index is 1780. The lowest BCUT2D eigenvalue weighted by Gasteiger charge is -2.09. The SMILES string of the molecule is c1ccc(-c2nc(-c3ccccc3)nc(-c3ccc4c(ccc5oc6ccccc6c54)c3)n2)cc1. The lowest BCUT2D eigenvalue weighted by Crippen LogP contribution is -2.00. The molecule has 7 rings (SSSR count). The van der Waals surface area contributed by atoms with Crippen LogP contribution in [-0.2, 0) is 0 Å². The number of nitrogens with zero attached hydrogens (tertiary/aromatic N) is 3. The molecule has 0 bridgehead atoms. The van der Waals surface area contributed by atoms with Crippen LogP contribution in [-0.4, -0.2) is 15.0 Å². The number of aromatic nitrogens is 3. The molecule has 7 aromatic rings. The van der Waals surface area contributed by atoms with Gasteiger partial charge in [0.25, 0.3) is 0 Å². The first-order valence-electron chi connectivity index (χ1n) is 11.5. The number of fused-ring (bicyclic) bond motifs is 5. The summed E-state index contributed by atoms with van der Waals surface area (Å²) >= 11 is 0. The number of benzene rings is 5. The van der Waals surface area contributed by atoms with Crippen LogP contribution in [0.3, 0.4) is 0 Å². The minimum atomic E-state index is 0.650. The lowest BCUT2D eigenvalue weighted by atomic mass is 10.0. The summed E-state index contributed by atoms with van der Waals surface area (Å²) in [5, 5.41) is 4.52. The lowest BCUT2D eigenvalue weighted by molar-refractivity contribution is 0.669. The Kier molecular flexibility index (Phi) is 4.42. The van der Waals surface area contributed by atoms with Gasteiger partial charge in [0.1, 0.15) is 11.2 Å². The Labute approximate surface area is 201 Å². The van der Waals surface area contributed by atoms with Crippen LogP contribution in [0.1, 0.15) is 0 Å². The van der Waals surface area contributed by atoms with E-state index in [1.165, 1.54) is 0 Å². The minimum Gasteiger partial charge on any atom is -0.456 e. The number of para-hydroxylation sites is 1. The Balaban J connectivity index is 1.44. The normalized spacial score (nSPS) is 11.4. The number of hydrogen-bond acceptors (Lipinski definition) is 4. The molecule has 0 amide bonds. The van der Waals surface area contributed by atoms with E-state index in [0.717, 1.165) is 49.4 Å². The summed E-state index contributed by atoms with van der Waals surface area (Å²) in [5.74, 6) is 1.97. The zero-order chi connectivity index (χ0) is 23.2. The van der Waals surface area contributed by atoms with Crippen molar-refractivity contribution in [1.82, 2.24) is 15.0 Å². The zero-order valence-corrected chi connectivity index (χ0v) is 18.7. The first-order chi connectivity index (χ1) is 17.3. The van der Waals surface area contributed by atoms with Crippen LogP contribution in [0.5, 0.6) is 0 Å². The second-order valence-electron chi connectivity index (χ2n) is 8.51. The second-order valence-corrected chi connectivity index (χ2v) is 8.51. The van der Waals surface area contributed by atoms with Crippen molar-refractivity contribution in [1.29, 1.82) is 0 Å². The van der Waals surface area contributed by atoms with Crippen LogP contribution in [0.15, 0.2) is 120 Å². The van der Waals surface area contributed by atoms with E-state index in [-0.39, 0.29) is 0 Å². The minimum absolute atomic E-state index is 0.650. The molecule has 0 radical (unpaired) electrons. The van der Waals surface area contributed by atoms with Crippen molar-refractivity contribution >= 4 is 32.7 Å². The van der Waals surface area contributed by atoms with E-state index in [1.807, 2.05) is 84.9 Å². The van der Waals surface area contributed by atoms with Crippen LogP contribution in [0, 0.1) is 0 Å². The number of rotatable bonds is 3. The van der Waals surface area contributed by atoms with Crippen molar-refractivity contribution in [2.45, 2.75) is 0 Å². The summed E-state index contributed by atoms with van der Waals surface area (Å²) in [6, 6.07) is 38.8. The fourth-order valence-corrected chi connectivity index (χ4v) is 4.63. The van der Waals surface area contributed by atoms with E-state index in [4.69, 9.17) is 19.4 Å². The van der Waals surface area contributed by atoms with E-state index in [0.29, 0.717) is 17.5 Å². The smallest absolute Gasteiger partial charge is 0.164 e. The van der Waals surface area contributed by atoms with E-state index in [1.54, 1.807) is 0 Å². The molecular weight excluding hydrogens is 430 g/mol. The number of furan rings is 1. The molecule has 0 spiro atoms. The Morgan fingerprint density at radius 3 is 1.71 bits per heavy atom. The van der Waals surface area contributed by atoms with Gasteiger partial charge in [0.2, 0.25) is 0 Å². The third-order valence-corrected chi connectivity index (χ3v) is 6.32. The average molecular weight is 450 g/mol. The molecule has 2 aromatic heterocycles. The van der Waals surface area contributed by atoms with Gasteiger partial charge < -0.3 is 4.42 Å². The Morgan fingerprint density at radius 2 is 1.03 bits per heavy atom. The van der Waals surface area contributed by atoms with E-state index in [9.17, 15) is 0 Å². The number of hydrogen-bond donors (Lipinski definition) is 0. The highest BCUT2D eigenvalue weighted by atomic mass is 16.3. The second kappa shape index (κ2) is 7.89. The molecule has 4 heteroatoms. The Morgan fingerprint density at radius 1 is 0.429 bits per heavy atom. The highest BCUT2D eigenvalue weighted by Crippen LogP contribution is 2.36. The van der Waals surface area contributed by atoms with Gasteiger partial charge in [-0.25, -0.2) is 15.0 Å². The van der Waals surface area contributed by atoms with Crippen LogP contribution in [0.2, 0.25) is 0 Å². The summed E-state index contributed by atoms with van der Waals surface area (Å²) < 4.78 is 6.07. The maximum atomic E-state index is 6.07. The third-order valence-electron chi connectivity index (χ3n) is 6.32. The first kappa shape index (κ1) is 19.6. The van der Waals surface area contributed by atoms with Crippen molar-refractivity contribution < 1.29 is 4.42 Å². The van der Waals surface area contributed by atoms with E-state index < -0.39 is 0 Å². The van der Waals surface area contributed by atoms with Gasteiger partial charge in [-0.1, -0.05) is 97.1 Å². The van der Waals surface area contributed by atoms with Crippen molar-refractivity contribution in [3.05, 3.63) is 115 Å². The van der Waals surface area contributed by atoms with E-state index in [2.05, 4.69) is 30.3 Å². The molecule has 2 heterocycles. The fraction of sp³-hybridized carbons (Fsp3) is 0. The molecular formula is C31H19N3O. The predicted octanol–water partition coefficient (Wildman–Crippen LogP) is 7.93. The van der Waals surface area contributed by atoms with Gasteiger partial charge in [-0.05, 0) is 29.0 Å². The summed E-state index contributed by atoms with van der Waals surface area (Å²) in [4.78, 5) is 14.5. The van der Waals surface area contributed by atoms with Crippen LogP contribution in [0.25, 0.3) is 66.9 Å². The topological polar surface area (TPSA) is 51.8 Å². The molecule has 0 aliphatic carbocycles. The van der Waals surface area contributed by atoms with E-state index >= 15 is 0 Å². The molecule has 0 fully saturated rings. The van der Waals surface area contributed by atoms with Gasteiger partial charge in [0.15, 0.2) is 17.5 Å². The summed E-state index contributed by atoms with van der Waals surface area (Å²) in [6.45, 7) is 0. The van der Waals surface area contributed by atoms with Crippen molar-refractivity contribution in [3.63, 3.8) is 0 Å². The van der Waals surface area contributed by atoms with Crippen molar-refractivity contribution in [2.75, 3.05) is 0 Å². The quantitative estimate of drug-likeness (QED) is 0.275. The molecule has 164 valence electrons. The molecule has 0 saturated heterocycles. The molecule has 0 aliphatic rings. The summed E-state index contributed by atoms with van der Waals surface area (Å²) in [7, 11) is 0. The van der Waals surface area contributed by atoms with Gasteiger partial charge in [0, 0.05) is 27.5 Å². The molecule has 4 nitrogen and oxygen atoms in total. The fourth-order valence-electron chi connectivity index (χ4n) is 4.63.